The molecule has 2 saturated heterocycles. The maximum absolute atomic E-state index is 13.1. The number of hydrogen-bond donors (Lipinski definition) is 1. The summed E-state index contributed by atoms with van der Waals surface area (Å²) in [5.74, 6) is 0.738. The number of aromatic nitrogens is 2. The smallest absolute Gasteiger partial charge is 0.229 e. The molecule has 0 radical (unpaired) electrons. The molecule has 0 spiro atoms. The van der Waals surface area contributed by atoms with E-state index in [0.717, 1.165) is 63.5 Å². The summed E-state index contributed by atoms with van der Waals surface area (Å²) in [5.41, 5.74) is 2.03. The molecule has 2 aliphatic heterocycles. The third-order valence-electron chi connectivity index (χ3n) is 5.95. The van der Waals surface area contributed by atoms with Crippen molar-refractivity contribution in [3.63, 3.8) is 0 Å². The van der Waals surface area contributed by atoms with Gasteiger partial charge in [0.2, 0.25) is 11.9 Å². The van der Waals surface area contributed by atoms with Crippen LogP contribution in [0.3, 0.4) is 0 Å². The van der Waals surface area contributed by atoms with Crippen LogP contribution in [0.2, 0.25) is 0 Å². The summed E-state index contributed by atoms with van der Waals surface area (Å²) in [5, 5.41) is 3.21. The highest BCUT2D eigenvalue weighted by Crippen LogP contribution is 2.28. The van der Waals surface area contributed by atoms with Crippen LogP contribution >= 0.6 is 0 Å². The number of para-hydroxylation sites is 2. The Morgan fingerprint density at radius 2 is 1.79 bits per heavy atom. The van der Waals surface area contributed by atoms with Crippen LogP contribution in [0.15, 0.2) is 42.7 Å². The average Bonchev–Trinajstić information content (AvgIpc) is 2.80. The number of piperazine rings is 1. The number of amides is 1. The molecule has 2 aliphatic rings. The highest BCUT2D eigenvalue weighted by atomic mass is 16.1. The van der Waals surface area contributed by atoms with Crippen molar-refractivity contribution in [3.05, 3.63) is 42.7 Å². The van der Waals surface area contributed by atoms with Crippen molar-refractivity contribution in [2.45, 2.75) is 19.8 Å². The monoisotopic (exact) mass is 394 g/mol. The molecule has 0 bridgehead atoms. The van der Waals surface area contributed by atoms with Gasteiger partial charge in [0.25, 0.3) is 0 Å². The fraction of sp³-hybridized carbons (Fsp3) is 0.500. The van der Waals surface area contributed by atoms with Crippen molar-refractivity contribution in [1.82, 2.24) is 14.9 Å². The predicted octanol–water partition coefficient (Wildman–Crippen LogP) is 2.47. The lowest BCUT2D eigenvalue weighted by atomic mass is 9.97. The summed E-state index contributed by atoms with van der Waals surface area (Å²) in [7, 11) is 0. The zero-order valence-electron chi connectivity index (χ0n) is 17.1. The summed E-state index contributed by atoms with van der Waals surface area (Å²) < 4.78 is 0. The molecule has 3 heterocycles. The van der Waals surface area contributed by atoms with Gasteiger partial charge < -0.3 is 20.0 Å². The van der Waals surface area contributed by atoms with E-state index >= 15 is 0 Å². The van der Waals surface area contributed by atoms with Crippen LogP contribution in [-0.4, -0.2) is 66.6 Å². The van der Waals surface area contributed by atoms with E-state index in [0.29, 0.717) is 12.5 Å². The van der Waals surface area contributed by atoms with E-state index < -0.39 is 0 Å². The van der Waals surface area contributed by atoms with Gasteiger partial charge in [0.1, 0.15) is 0 Å². The number of anilines is 3. The van der Waals surface area contributed by atoms with Gasteiger partial charge in [0.15, 0.2) is 0 Å². The molecule has 7 nitrogen and oxygen atoms in total. The van der Waals surface area contributed by atoms with Gasteiger partial charge in [-0.25, -0.2) is 9.97 Å². The van der Waals surface area contributed by atoms with Crippen LogP contribution in [-0.2, 0) is 4.79 Å². The molecule has 2 fully saturated rings. The SMILES string of the molecule is CCN1CCN(c2ccccc2NC(=O)C2CCCN(c3ncccn3)C2)CC1. The first-order valence-electron chi connectivity index (χ1n) is 10.6. The molecule has 154 valence electrons. The topological polar surface area (TPSA) is 64.6 Å². The van der Waals surface area contributed by atoms with E-state index in [4.69, 9.17) is 0 Å². The number of carbonyl (C=O) groups excluding carboxylic acids is 1. The fourth-order valence-corrected chi connectivity index (χ4v) is 4.22. The van der Waals surface area contributed by atoms with E-state index in [1.807, 2.05) is 24.3 Å². The van der Waals surface area contributed by atoms with E-state index in [1.165, 1.54) is 0 Å². The van der Waals surface area contributed by atoms with Gasteiger partial charge in [-0.1, -0.05) is 19.1 Å². The van der Waals surface area contributed by atoms with Crippen molar-refractivity contribution >= 4 is 23.2 Å². The lowest BCUT2D eigenvalue weighted by Gasteiger charge is -2.36. The molecule has 1 atom stereocenters. The molecule has 1 aromatic heterocycles. The van der Waals surface area contributed by atoms with Crippen LogP contribution in [0.4, 0.5) is 17.3 Å². The molecule has 1 unspecified atom stereocenters. The third kappa shape index (κ3) is 4.67. The van der Waals surface area contributed by atoms with Gasteiger partial charge in [-0.2, -0.15) is 0 Å². The van der Waals surface area contributed by atoms with Crippen molar-refractivity contribution in [1.29, 1.82) is 0 Å². The number of carbonyl (C=O) groups is 1. The molecular formula is C22H30N6O. The molecule has 29 heavy (non-hydrogen) atoms. The van der Waals surface area contributed by atoms with Crippen LogP contribution in [0.25, 0.3) is 0 Å². The molecule has 7 heteroatoms. The molecular weight excluding hydrogens is 364 g/mol. The minimum atomic E-state index is -0.0578. The molecule has 0 aliphatic carbocycles. The molecule has 4 rings (SSSR count). The molecule has 0 saturated carbocycles. The highest BCUT2D eigenvalue weighted by Gasteiger charge is 2.28. The van der Waals surface area contributed by atoms with Crippen LogP contribution in [0.5, 0.6) is 0 Å². The second-order valence-corrected chi connectivity index (χ2v) is 7.76. The van der Waals surface area contributed by atoms with Crippen LogP contribution in [0.1, 0.15) is 19.8 Å². The second kappa shape index (κ2) is 9.22. The second-order valence-electron chi connectivity index (χ2n) is 7.76. The van der Waals surface area contributed by atoms with E-state index in [-0.39, 0.29) is 11.8 Å². The fourth-order valence-electron chi connectivity index (χ4n) is 4.22. The summed E-state index contributed by atoms with van der Waals surface area (Å²) >= 11 is 0. The van der Waals surface area contributed by atoms with E-state index in [9.17, 15) is 4.79 Å². The molecule has 1 aromatic carbocycles. The maximum Gasteiger partial charge on any atom is 0.229 e. The number of nitrogens with zero attached hydrogens (tertiary/aromatic N) is 5. The molecule has 2 aromatic rings. The lowest BCUT2D eigenvalue weighted by molar-refractivity contribution is -0.120. The largest absolute Gasteiger partial charge is 0.367 e. The molecule has 1 N–H and O–H groups in total. The van der Waals surface area contributed by atoms with Crippen LogP contribution in [0, 0.1) is 5.92 Å². The van der Waals surface area contributed by atoms with Crippen molar-refractivity contribution < 1.29 is 4.79 Å². The molecule has 1 amide bonds. The van der Waals surface area contributed by atoms with Gasteiger partial charge in [-0.05, 0) is 37.6 Å². The number of likely N-dealkylation sites (N-methyl/N-ethyl adjacent to an activating group) is 1. The first-order chi connectivity index (χ1) is 14.2. The minimum Gasteiger partial charge on any atom is -0.367 e. The van der Waals surface area contributed by atoms with Crippen molar-refractivity contribution in [3.8, 4) is 0 Å². The van der Waals surface area contributed by atoms with Gasteiger partial charge in [0.05, 0.1) is 17.3 Å². The van der Waals surface area contributed by atoms with Gasteiger partial charge in [-0.3, -0.25) is 4.79 Å². The number of rotatable bonds is 5. The Morgan fingerprint density at radius 3 is 2.55 bits per heavy atom. The van der Waals surface area contributed by atoms with Crippen LogP contribution < -0.4 is 15.1 Å². The number of hydrogen-bond acceptors (Lipinski definition) is 6. The lowest BCUT2D eigenvalue weighted by Crippen LogP contribution is -2.46. The Balaban J connectivity index is 1.42. The van der Waals surface area contributed by atoms with Gasteiger partial charge >= 0.3 is 0 Å². The predicted molar refractivity (Wildman–Crippen MR) is 116 cm³/mol. The average molecular weight is 395 g/mol. The first kappa shape index (κ1) is 19.6. The minimum absolute atomic E-state index is 0.0578. The van der Waals surface area contributed by atoms with E-state index in [2.05, 4.69) is 43.0 Å². The normalized spacial score (nSPS) is 20.5. The number of benzene rings is 1. The Morgan fingerprint density at radius 1 is 1.03 bits per heavy atom. The maximum atomic E-state index is 13.1. The quantitative estimate of drug-likeness (QED) is 0.841. The Labute approximate surface area is 172 Å². The Kier molecular flexibility index (Phi) is 6.24. The number of piperidine rings is 1. The standard InChI is InChI=1S/C22H30N6O/c1-2-26-13-15-27(16-14-26)20-9-4-3-8-19(20)25-21(29)18-7-5-12-28(17-18)22-23-10-6-11-24-22/h3-4,6,8-11,18H,2,5,7,12-17H2,1H3,(H,25,29). The zero-order valence-corrected chi connectivity index (χ0v) is 17.1. The van der Waals surface area contributed by atoms with E-state index in [1.54, 1.807) is 12.4 Å². The Bertz CT molecular complexity index is 806. The zero-order chi connectivity index (χ0) is 20.1. The summed E-state index contributed by atoms with van der Waals surface area (Å²) in [6, 6.07) is 9.98. The Hall–Kier alpha value is -2.67. The third-order valence-corrected chi connectivity index (χ3v) is 5.95. The van der Waals surface area contributed by atoms with Crippen molar-refractivity contribution in [2.24, 2.45) is 5.92 Å². The summed E-state index contributed by atoms with van der Waals surface area (Å²) in [6.07, 6.45) is 5.37. The van der Waals surface area contributed by atoms with Gasteiger partial charge in [0, 0.05) is 51.7 Å². The summed E-state index contributed by atoms with van der Waals surface area (Å²) in [6.45, 7) is 8.96. The van der Waals surface area contributed by atoms with Gasteiger partial charge in [-0.15, -0.1) is 0 Å². The highest BCUT2D eigenvalue weighted by molar-refractivity contribution is 5.96. The van der Waals surface area contributed by atoms with Crippen molar-refractivity contribution in [2.75, 3.05) is 60.9 Å². The first-order valence-corrected chi connectivity index (χ1v) is 10.6. The number of nitrogens with one attached hydrogen (secondary N) is 1. The summed E-state index contributed by atoms with van der Waals surface area (Å²) in [4.78, 5) is 28.7.